The summed E-state index contributed by atoms with van der Waals surface area (Å²) in [6.45, 7) is 8.58. The maximum absolute atomic E-state index is 12.0. The molecular weight excluding hydrogens is 379 g/mol. The molecule has 0 atom stereocenters. The first-order valence-electron chi connectivity index (χ1n) is 9.96. The monoisotopic (exact) mass is 404 g/mol. The fourth-order valence-corrected chi connectivity index (χ4v) is 3.42. The molecule has 1 aromatic heterocycles. The van der Waals surface area contributed by atoms with Crippen LogP contribution in [0, 0.1) is 0 Å². The van der Waals surface area contributed by atoms with E-state index in [-0.39, 0.29) is 22.6 Å². The Hall–Kier alpha value is -2.90. The average Bonchev–Trinajstić information content (AvgIpc) is 2.92. The molecule has 0 amide bonds. The van der Waals surface area contributed by atoms with Crippen molar-refractivity contribution in [3.05, 3.63) is 70.0 Å². The van der Waals surface area contributed by atoms with Gasteiger partial charge in [0.15, 0.2) is 0 Å². The molecular formula is C23H25BN2O4. The van der Waals surface area contributed by atoms with Crippen molar-refractivity contribution < 1.29 is 14.4 Å². The van der Waals surface area contributed by atoms with Crippen LogP contribution in [0.3, 0.4) is 0 Å². The van der Waals surface area contributed by atoms with E-state index in [0.29, 0.717) is 22.9 Å². The molecule has 0 radical (unpaired) electrons. The number of nitrogens with zero attached hydrogens (tertiary/aromatic N) is 1. The standard InChI is InChI=1S/C23H25BN2O4/c1-22(2)23(3,4)30-24(29-22)16-11-9-15(10-12-16)13-25-14-19-17-7-5-6-8-18(17)20(27)26-21(19)28/h5-12,14H,13H2,1-4H3,(H2,26,27,28). The molecule has 1 saturated heterocycles. The van der Waals surface area contributed by atoms with E-state index in [2.05, 4.69) is 9.98 Å². The van der Waals surface area contributed by atoms with Gasteiger partial charge in [-0.2, -0.15) is 0 Å². The summed E-state index contributed by atoms with van der Waals surface area (Å²) in [6, 6.07) is 15.1. The van der Waals surface area contributed by atoms with Crippen molar-refractivity contribution in [1.82, 2.24) is 4.98 Å². The highest BCUT2D eigenvalue weighted by Gasteiger charge is 2.51. The van der Waals surface area contributed by atoms with Crippen LogP contribution in [0.25, 0.3) is 10.8 Å². The van der Waals surface area contributed by atoms with Gasteiger partial charge < -0.3 is 14.4 Å². The number of aromatic nitrogens is 1. The third kappa shape index (κ3) is 3.66. The first-order valence-corrected chi connectivity index (χ1v) is 9.96. The van der Waals surface area contributed by atoms with Crippen molar-refractivity contribution in [3.8, 4) is 5.88 Å². The van der Waals surface area contributed by atoms with Gasteiger partial charge in [-0.05, 0) is 44.8 Å². The topological polar surface area (TPSA) is 83.9 Å². The molecule has 0 bridgehead atoms. The van der Waals surface area contributed by atoms with Crippen molar-refractivity contribution in [3.63, 3.8) is 0 Å². The summed E-state index contributed by atoms with van der Waals surface area (Å²) in [4.78, 5) is 18.9. The van der Waals surface area contributed by atoms with Crippen LogP contribution < -0.4 is 11.0 Å². The lowest BCUT2D eigenvalue weighted by Crippen LogP contribution is -2.41. The first-order chi connectivity index (χ1) is 14.2. The second-order valence-electron chi connectivity index (χ2n) is 8.56. The highest BCUT2D eigenvalue weighted by molar-refractivity contribution is 6.62. The number of aromatic amines is 1. The van der Waals surface area contributed by atoms with Gasteiger partial charge >= 0.3 is 7.12 Å². The van der Waals surface area contributed by atoms with Crippen LogP contribution >= 0.6 is 0 Å². The van der Waals surface area contributed by atoms with E-state index in [1.165, 1.54) is 0 Å². The fraction of sp³-hybridized carbons (Fsp3) is 0.304. The van der Waals surface area contributed by atoms with Crippen molar-refractivity contribution in [2.24, 2.45) is 4.99 Å². The lowest BCUT2D eigenvalue weighted by molar-refractivity contribution is 0.00578. The zero-order chi connectivity index (χ0) is 21.5. The Morgan fingerprint density at radius 3 is 2.23 bits per heavy atom. The van der Waals surface area contributed by atoms with Gasteiger partial charge in [0, 0.05) is 17.0 Å². The summed E-state index contributed by atoms with van der Waals surface area (Å²) in [5.41, 5.74) is 1.41. The number of hydrogen-bond acceptors (Lipinski definition) is 5. The summed E-state index contributed by atoms with van der Waals surface area (Å²) in [5, 5.41) is 11.3. The summed E-state index contributed by atoms with van der Waals surface area (Å²) in [7, 11) is -0.392. The molecule has 0 unspecified atom stereocenters. The SMILES string of the molecule is CC1(C)OB(c2ccc(CN=Cc3c(O)[nH]c(=O)c4ccccc34)cc2)OC1(C)C. The maximum atomic E-state index is 12.0. The average molecular weight is 404 g/mol. The molecule has 2 N–H and O–H groups in total. The number of pyridine rings is 1. The molecule has 3 aromatic rings. The number of rotatable bonds is 4. The number of aliphatic imine (C=N–C) groups is 1. The Balaban J connectivity index is 1.50. The van der Waals surface area contributed by atoms with E-state index in [0.717, 1.165) is 11.0 Å². The molecule has 7 heteroatoms. The molecule has 2 heterocycles. The first kappa shape index (κ1) is 20.4. The predicted molar refractivity (Wildman–Crippen MR) is 120 cm³/mol. The third-order valence-electron chi connectivity index (χ3n) is 5.95. The Morgan fingerprint density at radius 2 is 1.60 bits per heavy atom. The second-order valence-corrected chi connectivity index (χ2v) is 8.56. The Kier molecular flexibility index (Phi) is 5.04. The Labute approximate surface area is 175 Å². The lowest BCUT2D eigenvalue weighted by atomic mass is 9.79. The maximum Gasteiger partial charge on any atom is 0.494 e. The highest BCUT2D eigenvalue weighted by atomic mass is 16.7. The minimum absolute atomic E-state index is 0.182. The second kappa shape index (κ2) is 7.41. The normalized spacial score (nSPS) is 17.8. The van der Waals surface area contributed by atoms with Crippen LogP contribution in [0.1, 0.15) is 38.8 Å². The van der Waals surface area contributed by atoms with Gasteiger partial charge in [-0.3, -0.25) is 14.8 Å². The van der Waals surface area contributed by atoms with Crippen molar-refractivity contribution >= 4 is 29.6 Å². The summed E-state index contributed by atoms with van der Waals surface area (Å²) >= 11 is 0. The van der Waals surface area contributed by atoms with Crippen molar-refractivity contribution in [2.75, 3.05) is 0 Å². The van der Waals surface area contributed by atoms with Gasteiger partial charge in [0.1, 0.15) is 0 Å². The fourth-order valence-electron chi connectivity index (χ4n) is 3.42. The van der Waals surface area contributed by atoms with Crippen LogP contribution in [-0.2, 0) is 15.9 Å². The minimum atomic E-state index is -0.392. The summed E-state index contributed by atoms with van der Waals surface area (Å²) in [6.07, 6.45) is 1.59. The van der Waals surface area contributed by atoms with Gasteiger partial charge in [0.25, 0.3) is 5.56 Å². The number of benzene rings is 2. The summed E-state index contributed by atoms with van der Waals surface area (Å²) in [5.74, 6) is -0.182. The van der Waals surface area contributed by atoms with E-state index < -0.39 is 7.12 Å². The van der Waals surface area contributed by atoms with Gasteiger partial charge in [0.2, 0.25) is 5.88 Å². The largest absolute Gasteiger partial charge is 0.494 e. The zero-order valence-corrected chi connectivity index (χ0v) is 17.6. The Bertz CT molecular complexity index is 1150. The van der Waals surface area contributed by atoms with Crippen molar-refractivity contribution in [1.29, 1.82) is 0 Å². The number of fused-ring (bicyclic) bond motifs is 1. The van der Waals surface area contributed by atoms with Crippen LogP contribution in [0.15, 0.2) is 58.3 Å². The van der Waals surface area contributed by atoms with Crippen LogP contribution in [0.4, 0.5) is 0 Å². The van der Waals surface area contributed by atoms with Crippen molar-refractivity contribution in [2.45, 2.75) is 45.4 Å². The van der Waals surface area contributed by atoms with Gasteiger partial charge in [-0.1, -0.05) is 42.5 Å². The molecule has 1 aliphatic rings. The lowest BCUT2D eigenvalue weighted by Gasteiger charge is -2.32. The summed E-state index contributed by atoms with van der Waals surface area (Å²) < 4.78 is 12.2. The van der Waals surface area contributed by atoms with Gasteiger partial charge in [0.05, 0.1) is 23.3 Å². The van der Waals surface area contributed by atoms with E-state index in [4.69, 9.17) is 9.31 Å². The molecule has 30 heavy (non-hydrogen) atoms. The molecule has 1 aliphatic heterocycles. The predicted octanol–water partition coefficient (Wildman–Crippen LogP) is 3.15. The smallest absolute Gasteiger partial charge is 0.494 e. The molecule has 0 spiro atoms. The van der Waals surface area contributed by atoms with Crippen LogP contribution in [-0.4, -0.2) is 34.6 Å². The van der Waals surface area contributed by atoms with Crippen LogP contribution in [0.5, 0.6) is 5.88 Å². The highest BCUT2D eigenvalue weighted by Crippen LogP contribution is 2.36. The molecule has 1 fully saturated rings. The quantitative estimate of drug-likeness (QED) is 0.517. The molecule has 0 aliphatic carbocycles. The number of aromatic hydroxyl groups is 1. The minimum Gasteiger partial charge on any atom is -0.494 e. The third-order valence-corrected chi connectivity index (χ3v) is 5.95. The van der Waals surface area contributed by atoms with Gasteiger partial charge in [-0.15, -0.1) is 0 Å². The Morgan fingerprint density at radius 1 is 1.00 bits per heavy atom. The van der Waals surface area contributed by atoms with Gasteiger partial charge in [-0.25, -0.2) is 0 Å². The van der Waals surface area contributed by atoms with E-state index in [1.54, 1.807) is 24.4 Å². The molecule has 154 valence electrons. The number of H-pyrrole nitrogens is 1. The molecule has 6 nitrogen and oxygen atoms in total. The number of hydrogen-bond donors (Lipinski definition) is 2. The van der Waals surface area contributed by atoms with E-state index in [1.807, 2.05) is 58.0 Å². The zero-order valence-electron chi connectivity index (χ0n) is 17.6. The molecule has 0 saturated carbocycles. The molecule has 4 rings (SSSR count). The molecule has 2 aromatic carbocycles. The van der Waals surface area contributed by atoms with E-state index >= 15 is 0 Å². The van der Waals surface area contributed by atoms with E-state index in [9.17, 15) is 9.90 Å². The van der Waals surface area contributed by atoms with Crippen LogP contribution in [0.2, 0.25) is 0 Å². The number of nitrogens with one attached hydrogen (secondary N) is 1.